The minimum absolute atomic E-state index is 0.272. The van der Waals surface area contributed by atoms with Crippen LogP contribution < -0.4 is 0 Å². The van der Waals surface area contributed by atoms with Crippen molar-refractivity contribution in [1.29, 1.82) is 0 Å². The molecular formula is C13H14N2O. The van der Waals surface area contributed by atoms with E-state index in [1.54, 1.807) is 0 Å². The third kappa shape index (κ3) is 1.32. The van der Waals surface area contributed by atoms with Gasteiger partial charge in [-0.05, 0) is 13.0 Å². The Morgan fingerprint density at radius 2 is 2.19 bits per heavy atom. The molecule has 2 heterocycles. The van der Waals surface area contributed by atoms with Crippen LogP contribution in [0.4, 0.5) is 0 Å². The number of benzene rings is 1. The van der Waals surface area contributed by atoms with Gasteiger partial charge in [-0.15, -0.1) is 0 Å². The highest BCUT2D eigenvalue weighted by Crippen LogP contribution is 2.23. The summed E-state index contributed by atoms with van der Waals surface area (Å²) in [6.07, 6.45) is 2.08. The number of hydrogen-bond donors (Lipinski definition) is 0. The van der Waals surface area contributed by atoms with Crippen molar-refractivity contribution in [3.63, 3.8) is 0 Å². The third-order valence-corrected chi connectivity index (χ3v) is 2.93. The maximum absolute atomic E-state index is 5.61. The molecule has 3 heteroatoms. The largest absolute Gasteiger partial charge is 0.475 e. The van der Waals surface area contributed by atoms with E-state index in [1.807, 2.05) is 19.2 Å². The van der Waals surface area contributed by atoms with Crippen molar-refractivity contribution in [2.45, 2.75) is 13.0 Å². The summed E-state index contributed by atoms with van der Waals surface area (Å²) in [6.45, 7) is 2.76. The average Bonchev–Trinajstić information content (AvgIpc) is 2.84. The normalized spacial score (nSPS) is 19.9. The Morgan fingerprint density at radius 3 is 2.94 bits per heavy atom. The maximum Gasteiger partial charge on any atom is 0.218 e. The SMILES string of the molecule is C[C@H]1COC(c2cn(C)c3ccccc23)=N1. The Hall–Kier alpha value is -1.77. The molecule has 0 N–H and O–H groups in total. The molecule has 16 heavy (non-hydrogen) atoms. The summed E-state index contributed by atoms with van der Waals surface area (Å²) in [4.78, 5) is 4.50. The lowest BCUT2D eigenvalue weighted by atomic mass is 10.2. The molecule has 2 aromatic rings. The van der Waals surface area contributed by atoms with Gasteiger partial charge in [-0.3, -0.25) is 0 Å². The smallest absolute Gasteiger partial charge is 0.218 e. The van der Waals surface area contributed by atoms with Gasteiger partial charge in [0.25, 0.3) is 0 Å². The molecule has 1 aliphatic rings. The predicted molar refractivity (Wildman–Crippen MR) is 64.9 cm³/mol. The predicted octanol–water partition coefficient (Wildman–Crippen LogP) is 2.34. The summed E-state index contributed by atoms with van der Waals surface area (Å²) in [7, 11) is 2.05. The van der Waals surface area contributed by atoms with Gasteiger partial charge >= 0.3 is 0 Å². The fourth-order valence-electron chi connectivity index (χ4n) is 2.13. The fraction of sp³-hybridized carbons (Fsp3) is 0.308. The highest BCUT2D eigenvalue weighted by Gasteiger charge is 2.19. The van der Waals surface area contributed by atoms with Crippen LogP contribution in [0.15, 0.2) is 35.5 Å². The number of ether oxygens (including phenoxy) is 1. The summed E-state index contributed by atoms with van der Waals surface area (Å²) < 4.78 is 7.72. The van der Waals surface area contributed by atoms with Gasteiger partial charge in [0.2, 0.25) is 5.90 Å². The maximum atomic E-state index is 5.61. The molecule has 0 spiro atoms. The zero-order valence-corrected chi connectivity index (χ0v) is 9.47. The zero-order valence-electron chi connectivity index (χ0n) is 9.47. The molecule has 0 amide bonds. The Morgan fingerprint density at radius 1 is 1.38 bits per heavy atom. The molecule has 0 bridgehead atoms. The molecule has 1 atom stereocenters. The van der Waals surface area contributed by atoms with Crippen molar-refractivity contribution in [3.8, 4) is 0 Å². The molecule has 1 aromatic carbocycles. The van der Waals surface area contributed by atoms with Gasteiger partial charge in [-0.1, -0.05) is 18.2 Å². The highest BCUT2D eigenvalue weighted by atomic mass is 16.5. The van der Waals surface area contributed by atoms with Crippen molar-refractivity contribution in [3.05, 3.63) is 36.0 Å². The first-order valence-electron chi connectivity index (χ1n) is 5.51. The van der Waals surface area contributed by atoms with Crippen molar-refractivity contribution in [2.24, 2.45) is 12.0 Å². The molecule has 0 saturated heterocycles. The first-order chi connectivity index (χ1) is 7.75. The van der Waals surface area contributed by atoms with Crippen LogP contribution in [0, 0.1) is 0 Å². The van der Waals surface area contributed by atoms with Crippen LogP contribution in [-0.2, 0) is 11.8 Å². The van der Waals surface area contributed by atoms with Gasteiger partial charge in [0.05, 0.1) is 11.6 Å². The summed E-state index contributed by atoms with van der Waals surface area (Å²) in [5, 5.41) is 1.21. The van der Waals surface area contributed by atoms with E-state index in [0.29, 0.717) is 6.61 Å². The van der Waals surface area contributed by atoms with Crippen LogP contribution in [0.2, 0.25) is 0 Å². The van der Waals surface area contributed by atoms with Crippen LogP contribution in [0.3, 0.4) is 0 Å². The second kappa shape index (κ2) is 3.37. The standard InChI is InChI=1S/C13H14N2O/c1-9-8-16-13(14-9)11-7-15(2)12-6-4-3-5-10(11)12/h3-7,9H,8H2,1-2H3/t9-/m0/s1. The summed E-state index contributed by atoms with van der Waals surface area (Å²) in [5.41, 5.74) is 2.31. The van der Waals surface area contributed by atoms with Crippen LogP contribution in [0.5, 0.6) is 0 Å². The number of aryl methyl sites for hydroxylation is 1. The second-order valence-corrected chi connectivity index (χ2v) is 4.27. The topological polar surface area (TPSA) is 26.5 Å². The molecule has 82 valence electrons. The van der Waals surface area contributed by atoms with Gasteiger partial charge in [-0.25, -0.2) is 4.99 Å². The Labute approximate surface area is 94.4 Å². The number of nitrogens with zero attached hydrogens (tertiary/aromatic N) is 2. The molecule has 0 saturated carbocycles. The molecule has 0 radical (unpaired) electrons. The van der Waals surface area contributed by atoms with Gasteiger partial charge in [0.15, 0.2) is 0 Å². The van der Waals surface area contributed by atoms with E-state index in [4.69, 9.17) is 4.74 Å². The van der Waals surface area contributed by atoms with Gasteiger partial charge in [-0.2, -0.15) is 0 Å². The fourth-order valence-corrected chi connectivity index (χ4v) is 2.13. The van der Waals surface area contributed by atoms with E-state index >= 15 is 0 Å². The number of rotatable bonds is 1. The van der Waals surface area contributed by atoms with Crippen LogP contribution in [0.25, 0.3) is 10.9 Å². The molecule has 3 nitrogen and oxygen atoms in total. The van der Waals surface area contributed by atoms with E-state index in [0.717, 1.165) is 11.5 Å². The molecule has 1 aromatic heterocycles. The van der Waals surface area contributed by atoms with E-state index in [2.05, 4.69) is 34.8 Å². The number of fused-ring (bicyclic) bond motifs is 1. The Bertz CT molecular complexity index is 568. The summed E-state index contributed by atoms with van der Waals surface area (Å²) in [5.74, 6) is 0.782. The minimum atomic E-state index is 0.272. The lowest BCUT2D eigenvalue weighted by Gasteiger charge is -1.98. The van der Waals surface area contributed by atoms with Crippen molar-refractivity contribution < 1.29 is 4.74 Å². The number of aliphatic imine (C=N–C) groups is 1. The van der Waals surface area contributed by atoms with Crippen molar-refractivity contribution in [2.75, 3.05) is 6.61 Å². The number of aromatic nitrogens is 1. The van der Waals surface area contributed by atoms with Crippen molar-refractivity contribution >= 4 is 16.8 Å². The number of para-hydroxylation sites is 1. The van der Waals surface area contributed by atoms with Gasteiger partial charge in [0, 0.05) is 24.1 Å². The average molecular weight is 214 g/mol. The molecular weight excluding hydrogens is 200 g/mol. The van der Waals surface area contributed by atoms with E-state index in [9.17, 15) is 0 Å². The summed E-state index contributed by atoms with van der Waals surface area (Å²) >= 11 is 0. The van der Waals surface area contributed by atoms with Crippen LogP contribution >= 0.6 is 0 Å². The van der Waals surface area contributed by atoms with E-state index in [-0.39, 0.29) is 6.04 Å². The molecule has 3 rings (SSSR count). The lowest BCUT2D eigenvalue weighted by molar-refractivity contribution is 0.324. The van der Waals surface area contributed by atoms with Crippen LogP contribution in [-0.4, -0.2) is 23.1 Å². The van der Waals surface area contributed by atoms with E-state index < -0.39 is 0 Å². The number of hydrogen-bond acceptors (Lipinski definition) is 2. The monoisotopic (exact) mass is 214 g/mol. The first kappa shape index (κ1) is 9.46. The summed E-state index contributed by atoms with van der Waals surface area (Å²) in [6, 6.07) is 8.59. The quantitative estimate of drug-likeness (QED) is 0.715. The molecule has 0 unspecified atom stereocenters. The molecule has 0 fully saturated rings. The van der Waals surface area contributed by atoms with Crippen LogP contribution in [0.1, 0.15) is 12.5 Å². The van der Waals surface area contributed by atoms with Gasteiger partial charge < -0.3 is 9.30 Å². The third-order valence-electron chi connectivity index (χ3n) is 2.93. The second-order valence-electron chi connectivity index (χ2n) is 4.27. The lowest BCUT2D eigenvalue weighted by Crippen LogP contribution is -2.01. The van der Waals surface area contributed by atoms with Gasteiger partial charge in [0.1, 0.15) is 6.61 Å². The van der Waals surface area contributed by atoms with E-state index in [1.165, 1.54) is 10.9 Å². The Balaban J connectivity index is 2.21. The Kier molecular flexibility index (Phi) is 1.99. The highest BCUT2D eigenvalue weighted by molar-refractivity contribution is 6.07. The molecule has 0 aliphatic carbocycles. The van der Waals surface area contributed by atoms with Crippen molar-refractivity contribution in [1.82, 2.24) is 4.57 Å². The first-order valence-corrected chi connectivity index (χ1v) is 5.51. The zero-order chi connectivity index (χ0) is 11.1. The minimum Gasteiger partial charge on any atom is -0.475 e. The molecule has 1 aliphatic heterocycles.